The van der Waals surface area contributed by atoms with Crippen LogP contribution < -0.4 is 5.32 Å². The zero-order valence-electron chi connectivity index (χ0n) is 33.3. The number of nitrogens with one attached hydrogen (secondary N) is 1. The topological polar surface area (TPSA) is 280 Å². The Morgan fingerprint density at radius 1 is 0.758 bits per heavy atom. The molecule has 0 radical (unpaired) electrons. The number of likely N-dealkylation sites (N-methyl/N-ethyl adjacent to an activating group) is 2. The molecule has 0 unspecified atom stereocenters. The molecule has 3 aromatic carbocycles. The highest BCUT2D eigenvalue weighted by molar-refractivity contribution is 7.81. The zero-order chi connectivity index (χ0) is 45.1. The molecule has 23 nitrogen and oxygen atoms in total. The van der Waals surface area contributed by atoms with Crippen molar-refractivity contribution in [1.29, 1.82) is 0 Å². The number of thiol groups is 1. The average molecular weight is 880 g/mol. The molecule has 62 heavy (non-hydrogen) atoms. The van der Waals surface area contributed by atoms with Crippen LogP contribution in [0.3, 0.4) is 0 Å². The summed E-state index contributed by atoms with van der Waals surface area (Å²) in [6.45, 7) is -0.714. The number of carbonyl (C=O) groups excluding carboxylic acids is 5. The Bertz CT molecular complexity index is 2210. The molecule has 2 aliphatic heterocycles. The van der Waals surface area contributed by atoms with Gasteiger partial charge in [0, 0.05) is 75.4 Å². The van der Waals surface area contributed by atoms with Gasteiger partial charge in [0.1, 0.15) is 25.9 Å². The molecule has 5 amide bonds. The highest BCUT2D eigenvalue weighted by Crippen LogP contribution is 2.27. The smallest absolute Gasteiger partial charge is 0.437 e. The summed E-state index contributed by atoms with van der Waals surface area (Å²) in [4.78, 5) is 107. The first-order valence-corrected chi connectivity index (χ1v) is 19.3. The largest absolute Gasteiger partial charge is 0.445 e. The molecule has 3 atom stereocenters. The summed E-state index contributed by atoms with van der Waals surface area (Å²) >= 11 is 4.50. The standard InChI is InChI=1S/C38H41N9O14S/c1-41(35(39-36(50)59-21-24-3-9-27(10-4-24)45(53)54)40-37(51)60-22-25-5-11-28(12-6-25)46(55)56)20-33(48)42(2)30-15-16-43(18-30)34(49)32-17-31(62)19-44(32)38(52)61-23-26-7-13-29(14-8-26)47(57)58/h3-14,30-32,62H,15-23H2,1-2H3,(H,39,40,50,51)/t30-,31-,32-/m0/s1. The van der Waals surface area contributed by atoms with Gasteiger partial charge in [-0.15, -0.1) is 4.99 Å². The molecular formula is C38H41N9O14S. The monoisotopic (exact) mass is 879 g/mol. The number of benzene rings is 3. The number of nitro benzene ring substituents is 3. The Kier molecular flexibility index (Phi) is 15.3. The number of hydrogen-bond acceptors (Lipinski definition) is 15. The quantitative estimate of drug-likeness (QED) is 0.0612. The maximum Gasteiger partial charge on any atom is 0.437 e. The lowest BCUT2D eigenvalue weighted by atomic mass is 10.2. The van der Waals surface area contributed by atoms with Crippen LogP contribution in [-0.2, 0) is 43.6 Å². The molecule has 2 aliphatic rings. The summed E-state index contributed by atoms with van der Waals surface area (Å²) in [5.74, 6) is -1.29. The van der Waals surface area contributed by atoms with Crippen LogP contribution in [0.4, 0.5) is 31.4 Å². The molecule has 2 saturated heterocycles. The van der Waals surface area contributed by atoms with Gasteiger partial charge in [-0.25, -0.2) is 14.4 Å². The van der Waals surface area contributed by atoms with Crippen LogP contribution >= 0.6 is 12.6 Å². The van der Waals surface area contributed by atoms with E-state index in [0.717, 1.165) is 4.90 Å². The normalized spacial score (nSPS) is 17.1. The summed E-state index contributed by atoms with van der Waals surface area (Å²) in [6.07, 6.45) is -2.38. The van der Waals surface area contributed by atoms with Gasteiger partial charge < -0.3 is 28.9 Å². The van der Waals surface area contributed by atoms with Crippen molar-refractivity contribution >= 4 is 65.7 Å². The van der Waals surface area contributed by atoms with Crippen LogP contribution in [0.2, 0.25) is 0 Å². The van der Waals surface area contributed by atoms with Gasteiger partial charge in [0.05, 0.1) is 27.4 Å². The van der Waals surface area contributed by atoms with Crippen LogP contribution in [-0.4, -0.2) is 128 Å². The number of guanidine groups is 1. The molecule has 0 spiro atoms. The van der Waals surface area contributed by atoms with Crippen LogP contribution in [0.5, 0.6) is 0 Å². The molecule has 3 aromatic rings. The molecule has 0 aromatic heterocycles. The van der Waals surface area contributed by atoms with E-state index in [4.69, 9.17) is 14.2 Å². The van der Waals surface area contributed by atoms with Gasteiger partial charge in [0.25, 0.3) is 17.1 Å². The molecule has 2 heterocycles. The first kappa shape index (κ1) is 45.7. The number of carbonyl (C=O) groups is 5. The third-order valence-electron chi connectivity index (χ3n) is 9.90. The number of rotatable bonds is 13. The molecule has 0 aliphatic carbocycles. The van der Waals surface area contributed by atoms with E-state index in [1.165, 1.54) is 96.7 Å². The van der Waals surface area contributed by atoms with E-state index in [0.29, 0.717) is 23.1 Å². The van der Waals surface area contributed by atoms with Crippen molar-refractivity contribution in [1.82, 2.24) is 24.9 Å². The lowest BCUT2D eigenvalue weighted by molar-refractivity contribution is -0.385. The van der Waals surface area contributed by atoms with Gasteiger partial charge in [-0.1, -0.05) is 0 Å². The molecule has 24 heteroatoms. The molecule has 5 rings (SSSR count). The van der Waals surface area contributed by atoms with Crippen molar-refractivity contribution in [2.24, 2.45) is 4.99 Å². The van der Waals surface area contributed by atoms with Gasteiger partial charge in [-0.3, -0.25) is 50.1 Å². The van der Waals surface area contributed by atoms with Crippen molar-refractivity contribution in [2.75, 3.05) is 40.3 Å². The second-order valence-corrected chi connectivity index (χ2v) is 14.9. The molecule has 1 N–H and O–H groups in total. The summed E-state index contributed by atoms with van der Waals surface area (Å²) in [5.41, 5.74) is 0.869. The summed E-state index contributed by atoms with van der Waals surface area (Å²) in [6, 6.07) is 14.6. The number of amides is 5. The van der Waals surface area contributed by atoms with Gasteiger partial charge in [-0.05, 0) is 65.9 Å². The number of nitrogens with zero attached hydrogens (tertiary/aromatic N) is 8. The third-order valence-corrected chi connectivity index (χ3v) is 10.3. The molecule has 0 bridgehead atoms. The maximum absolute atomic E-state index is 13.8. The van der Waals surface area contributed by atoms with Crippen LogP contribution in [0, 0.1) is 30.3 Å². The minimum absolute atomic E-state index is 0.115. The van der Waals surface area contributed by atoms with E-state index >= 15 is 0 Å². The van der Waals surface area contributed by atoms with E-state index in [-0.39, 0.29) is 74.1 Å². The Morgan fingerprint density at radius 2 is 1.24 bits per heavy atom. The van der Waals surface area contributed by atoms with E-state index in [1.807, 2.05) is 0 Å². The third kappa shape index (κ3) is 12.3. The number of non-ortho nitro benzene ring substituents is 3. The average Bonchev–Trinajstić information content (AvgIpc) is 3.91. The second-order valence-electron chi connectivity index (χ2n) is 14.2. The first-order valence-electron chi connectivity index (χ1n) is 18.7. The molecule has 328 valence electrons. The number of aliphatic imine (C=N–C) groups is 1. The van der Waals surface area contributed by atoms with Crippen LogP contribution in [0.25, 0.3) is 0 Å². The second kappa shape index (κ2) is 20.7. The highest BCUT2D eigenvalue weighted by atomic mass is 32.1. The van der Waals surface area contributed by atoms with Gasteiger partial charge in [-0.2, -0.15) is 12.6 Å². The van der Waals surface area contributed by atoms with E-state index in [9.17, 15) is 54.3 Å². The zero-order valence-corrected chi connectivity index (χ0v) is 34.2. The maximum atomic E-state index is 13.8. The first-order chi connectivity index (χ1) is 29.5. The van der Waals surface area contributed by atoms with E-state index in [2.05, 4.69) is 22.9 Å². The van der Waals surface area contributed by atoms with Gasteiger partial charge in [0.2, 0.25) is 17.8 Å². The Labute approximate surface area is 358 Å². The molecular weight excluding hydrogens is 839 g/mol. The predicted molar refractivity (Wildman–Crippen MR) is 219 cm³/mol. The SMILES string of the molecule is CN(CC(=O)N(C)[C@H]1CCN(C(=O)[C@@H]2C[C@H](S)CN2C(=O)OCc2ccc([N+](=O)[O-])cc2)C1)/C(=N\C(=O)OCc1ccc([N+](=O)[O-])cc1)NC(=O)OCc1ccc([N+](=O)[O-])cc1. The van der Waals surface area contributed by atoms with Crippen molar-refractivity contribution < 1.29 is 53.0 Å². The number of alkyl carbamates (subject to hydrolysis) is 1. The Morgan fingerprint density at radius 3 is 1.74 bits per heavy atom. The van der Waals surface area contributed by atoms with E-state index in [1.54, 1.807) is 4.90 Å². The van der Waals surface area contributed by atoms with Crippen molar-refractivity contribution in [3.8, 4) is 0 Å². The fraction of sp³-hybridized carbons (Fsp3) is 0.368. The summed E-state index contributed by atoms with van der Waals surface area (Å²) in [5, 5.41) is 34.9. The van der Waals surface area contributed by atoms with Gasteiger partial charge >= 0.3 is 18.3 Å². The number of likely N-dealkylation sites (tertiary alicyclic amines) is 2. The summed E-state index contributed by atoms with van der Waals surface area (Å²) in [7, 11) is 2.88. The highest BCUT2D eigenvalue weighted by Gasteiger charge is 2.43. The lowest BCUT2D eigenvalue weighted by Crippen LogP contribution is -2.50. The minimum atomic E-state index is -1.19. The number of ether oxygens (including phenoxy) is 3. The minimum Gasteiger partial charge on any atom is -0.445 e. The van der Waals surface area contributed by atoms with Gasteiger partial charge in [0.15, 0.2) is 0 Å². The van der Waals surface area contributed by atoms with Crippen LogP contribution in [0.1, 0.15) is 29.5 Å². The van der Waals surface area contributed by atoms with Crippen LogP contribution in [0.15, 0.2) is 77.8 Å². The lowest BCUT2D eigenvalue weighted by Gasteiger charge is -2.29. The van der Waals surface area contributed by atoms with Crippen molar-refractivity contribution in [3.63, 3.8) is 0 Å². The van der Waals surface area contributed by atoms with Crippen molar-refractivity contribution in [2.45, 2.75) is 50.0 Å². The van der Waals surface area contributed by atoms with E-state index < -0.39 is 63.5 Å². The Balaban J connectivity index is 1.19. The number of hydrogen-bond donors (Lipinski definition) is 2. The predicted octanol–water partition coefficient (Wildman–Crippen LogP) is 4.03. The fourth-order valence-electron chi connectivity index (χ4n) is 6.43. The molecule has 2 fully saturated rings. The summed E-state index contributed by atoms with van der Waals surface area (Å²) < 4.78 is 15.8. The Hall–Kier alpha value is -7.37. The number of nitro groups is 3. The fourth-order valence-corrected chi connectivity index (χ4v) is 6.81. The van der Waals surface area contributed by atoms with Crippen molar-refractivity contribution in [3.05, 3.63) is 120 Å². The molecule has 0 saturated carbocycles.